The minimum Gasteiger partial charge on any atom is -0.481 e. The highest BCUT2D eigenvalue weighted by molar-refractivity contribution is 5.92. The molecule has 0 aliphatic carbocycles. The second-order valence-corrected chi connectivity index (χ2v) is 14.9. The average Bonchev–Trinajstić information content (AvgIpc) is 3.09. The molecule has 0 heterocycles. The van der Waals surface area contributed by atoms with Crippen LogP contribution in [-0.4, -0.2) is 83.3 Å². The van der Waals surface area contributed by atoms with Crippen molar-refractivity contribution in [3.05, 3.63) is 35.4 Å². The summed E-state index contributed by atoms with van der Waals surface area (Å²) >= 11 is 0. The van der Waals surface area contributed by atoms with E-state index in [9.17, 15) is 33.6 Å². The minimum atomic E-state index is -1.00. The highest BCUT2D eigenvalue weighted by Crippen LogP contribution is 2.12. The molecule has 9 N–H and O–H groups in total. The first kappa shape index (κ1) is 47.5. The van der Waals surface area contributed by atoms with Crippen LogP contribution in [0.2, 0.25) is 0 Å². The molecule has 15 nitrogen and oxygen atoms in total. The molecule has 54 heavy (non-hydrogen) atoms. The molecule has 0 aliphatic heterocycles. The number of hydrogen-bond acceptors (Lipinski definition) is 8. The van der Waals surface area contributed by atoms with E-state index < -0.39 is 47.9 Å². The van der Waals surface area contributed by atoms with Gasteiger partial charge in [-0.3, -0.25) is 33.6 Å². The molecule has 0 aliphatic rings. The van der Waals surface area contributed by atoms with Gasteiger partial charge in [0.2, 0.25) is 35.4 Å². The molecule has 0 saturated carbocycles. The van der Waals surface area contributed by atoms with E-state index in [1.54, 1.807) is 31.2 Å². The maximum absolute atomic E-state index is 13.6. The minimum absolute atomic E-state index is 0.0340. The van der Waals surface area contributed by atoms with Gasteiger partial charge in [-0.2, -0.15) is 0 Å². The quantitative estimate of drug-likeness (QED) is 0.0689. The van der Waals surface area contributed by atoms with Crippen molar-refractivity contribution in [1.82, 2.24) is 31.9 Å². The first-order valence-corrected chi connectivity index (χ1v) is 19.2. The predicted octanol–water partition coefficient (Wildman–Crippen LogP) is 2.05. The van der Waals surface area contributed by atoms with Gasteiger partial charge < -0.3 is 42.7 Å². The van der Waals surface area contributed by atoms with Gasteiger partial charge in [0.15, 0.2) is 0 Å². The van der Waals surface area contributed by atoms with Crippen LogP contribution in [-0.2, 0) is 46.5 Å². The van der Waals surface area contributed by atoms with Crippen molar-refractivity contribution in [3.63, 3.8) is 0 Å². The van der Waals surface area contributed by atoms with Crippen molar-refractivity contribution in [3.8, 4) is 0 Å². The summed E-state index contributed by atoms with van der Waals surface area (Å²) < 4.78 is 0. The van der Waals surface area contributed by atoms with E-state index >= 15 is 0 Å². The molecule has 0 spiro atoms. The van der Waals surface area contributed by atoms with Crippen LogP contribution in [0.25, 0.3) is 0 Å². The van der Waals surface area contributed by atoms with E-state index in [1.807, 2.05) is 48.5 Å². The number of carboxylic acid groups (broad SMARTS) is 1. The van der Waals surface area contributed by atoms with Crippen molar-refractivity contribution in [2.45, 2.75) is 144 Å². The van der Waals surface area contributed by atoms with Gasteiger partial charge in [-0.15, -0.1) is 0 Å². The molecule has 0 radical (unpaired) electrons. The van der Waals surface area contributed by atoms with Crippen LogP contribution in [0.5, 0.6) is 0 Å². The van der Waals surface area contributed by atoms with Crippen LogP contribution < -0.4 is 37.6 Å². The normalized spacial score (nSPS) is 14.6. The molecular formula is C39H65N7O8. The molecule has 15 heteroatoms. The summed E-state index contributed by atoms with van der Waals surface area (Å²) in [6, 6.07) is 3.50. The fourth-order valence-electron chi connectivity index (χ4n) is 5.73. The van der Waals surface area contributed by atoms with Crippen molar-refractivity contribution in [2.75, 3.05) is 6.54 Å². The number of aliphatic carboxylic acids is 1. The molecule has 0 aromatic heterocycles. The Morgan fingerprint density at radius 3 is 1.91 bits per heavy atom. The molecule has 1 aromatic rings. The largest absolute Gasteiger partial charge is 0.481 e. The third kappa shape index (κ3) is 18.5. The molecule has 304 valence electrons. The lowest BCUT2D eigenvalue weighted by Gasteiger charge is -2.29. The van der Waals surface area contributed by atoms with E-state index in [0.717, 1.165) is 11.1 Å². The van der Waals surface area contributed by atoms with Crippen molar-refractivity contribution in [1.29, 1.82) is 0 Å². The lowest BCUT2D eigenvalue weighted by Crippen LogP contribution is -2.58. The van der Waals surface area contributed by atoms with Crippen LogP contribution in [0.1, 0.15) is 111 Å². The molecular weight excluding hydrogens is 694 g/mol. The maximum atomic E-state index is 13.6. The molecule has 0 fully saturated rings. The van der Waals surface area contributed by atoms with Gasteiger partial charge in [-0.05, 0) is 55.1 Å². The predicted molar refractivity (Wildman–Crippen MR) is 207 cm³/mol. The summed E-state index contributed by atoms with van der Waals surface area (Å²) in [6.45, 7) is 15.5. The summed E-state index contributed by atoms with van der Waals surface area (Å²) in [5.74, 6) is -3.71. The second kappa shape index (κ2) is 24.7. The second-order valence-electron chi connectivity index (χ2n) is 14.9. The number of carbonyl (C=O) groups excluding carboxylic acids is 6. The number of primary amides is 1. The first-order chi connectivity index (χ1) is 25.4. The Labute approximate surface area is 320 Å². The number of amides is 6. The van der Waals surface area contributed by atoms with Gasteiger partial charge in [-0.1, -0.05) is 85.6 Å². The molecule has 6 atom stereocenters. The van der Waals surface area contributed by atoms with E-state index in [1.165, 1.54) is 0 Å². The summed E-state index contributed by atoms with van der Waals surface area (Å²) in [5.41, 5.74) is 6.85. The lowest BCUT2D eigenvalue weighted by molar-refractivity contribution is -0.137. The van der Waals surface area contributed by atoms with Crippen molar-refractivity contribution in [2.24, 2.45) is 23.5 Å². The van der Waals surface area contributed by atoms with Gasteiger partial charge in [0.1, 0.15) is 18.1 Å². The number of nitrogens with two attached hydrogens (primary N) is 1. The number of hydrogen-bond donors (Lipinski definition) is 8. The van der Waals surface area contributed by atoms with Crippen LogP contribution >= 0.6 is 0 Å². The van der Waals surface area contributed by atoms with Gasteiger partial charge in [0.05, 0.1) is 12.5 Å². The van der Waals surface area contributed by atoms with Crippen LogP contribution in [0, 0.1) is 17.8 Å². The number of rotatable bonds is 26. The smallest absolute Gasteiger partial charge is 0.303 e. The van der Waals surface area contributed by atoms with Gasteiger partial charge in [-0.25, -0.2) is 0 Å². The zero-order valence-corrected chi connectivity index (χ0v) is 33.4. The number of carbonyl (C=O) groups is 7. The zero-order chi connectivity index (χ0) is 41.0. The van der Waals surface area contributed by atoms with E-state index in [4.69, 9.17) is 10.8 Å². The Bertz CT molecular complexity index is 1390. The third-order valence-corrected chi connectivity index (χ3v) is 9.10. The molecule has 0 bridgehead atoms. The van der Waals surface area contributed by atoms with Gasteiger partial charge in [0, 0.05) is 32.0 Å². The van der Waals surface area contributed by atoms with Crippen molar-refractivity contribution < 1.29 is 38.7 Å². The first-order valence-electron chi connectivity index (χ1n) is 19.2. The summed E-state index contributed by atoms with van der Waals surface area (Å²) in [6.07, 6.45) is 2.22. The topological polar surface area (TPSA) is 238 Å². The summed E-state index contributed by atoms with van der Waals surface area (Å²) in [7, 11) is 0. The van der Waals surface area contributed by atoms with Crippen LogP contribution in [0.4, 0.5) is 0 Å². The number of carboxylic acids is 1. The summed E-state index contributed by atoms with van der Waals surface area (Å²) in [4.78, 5) is 88.0. The van der Waals surface area contributed by atoms with E-state index in [2.05, 4.69) is 31.9 Å². The Morgan fingerprint density at radius 1 is 0.741 bits per heavy atom. The Hall–Kier alpha value is -4.53. The molecule has 1 rings (SSSR count). The highest BCUT2D eigenvalue weighted by Gasteiger charge is 2.31. The molecule has 1 aromatic carbocycles. The average molecular weight is 760 g/mol. The number of nitrogens with one attached hydrogen (secondary N) is 6. The zero-order valence-electron chi connectivity index (χ0n) is 33.4. The SMILES string of the molecule is CCC[C@H](NC(=O)C(NC(=O)CCCC(=O)O)[C@@H](C)CC)C(=O)NC(CN[C@@H](C)C(=O)NC(C(=O)NCc1ccc(CC(N)=O)cc1)C(C)C)CC(C)C. The fraction of sp³-hybridized carbons (Fsp3) is 0.667. The molecule has 6 amide bonds. The van der Waals surface area contributed by atoms with E-state index in [-0.39, 0.29) is 80.3 Å². The Kier molecular flexibility index (Phi) is 21.7. The summed E-state index contributed by atoms with van der Waals surface area (Å²) in [5, 5.41) is 26.4. The molecule has 0 saturated heterocycles. The maximum Gasteiger partial charge on any atom is 0.303 e. The van der Waals surface area contributed by atoms with Gasteiger partial charge in [0.25, 0.3) is 0 Å². The Balaban J connectivity index is 2.89. The van der Waals surface area contributed by atoms with Crippen molar-refractivity contribution >= 4 is 41.4 Å². The highest BCUT2D eigenvalue weighted by atomic mass is 16.4. The van der Waals surface area contributed by atoms with Crippen LogP contribution in [0.3, 0.4) is 0 Å². The Morgan fingerprint density at radius 2 is 1.37 bits per heavy atom. The lowest BCUT2D eigenvalue weighted by atomic mass is 9.97. The van der Waals surface area contributed by atoms with Crippen LogP contribution in [0.15, 0.2) is 24.3 Å². The van der Waals surface area contributed by atoms with E-state index in [0.29, 0.717) is 25.7 Å². The standard InChI is InChI=1S/C39H65N7O8/c1-9-12-30(44-39(54)35(25(7)10-2)45-32(48)13-11-14-33(49)50)37(52)43-29(19-23(3)4)22-41-26(8)36(51)46-34(24(5)6)38(53)42-21-28-17-15-27(16-18-28)20-31(40)47/h15-18,23-26,29-30,34-35,41H,9-14,19-22H2,1-8H3,(H2,40,47)(H,42,53)(H,43,52)(H,44,54)(H,45,48)(H,46,51)(H,49,50)/t25-,26-,29?,30-,34?,35?/m0/s1. The molecule has 3 unspecified atom stereocenters. The van der Waals surface area contributed by atoms with Gasteiger partial charge >= 0.3 is 5.97 Å². The number of benzene rings is 1. The third-order valence-electron chi connectivity index (χ3n) is 9.10. The fourth-order valence-corrected chi connectivity index (χ4v) is 5.73. The monoisotopic (exact) mass is 759 g/mol.